The van der Waals surface area contributed by atoms with Crippen molar-refractivity contribution in [1.29, 1.82) is 0 Å². The van der Waals surface area contributed by atoms with Crippen LogP contribution in [0, 0.1) is 12.8 Å². The number of carbonyl (C=O) groups is 2. The quantitative estimate of drug-likeness (QED) is 0.313. The fourth-order valence-corrected chi connectivity index (χ4v) is 8.19. The van der Waals surface area contributed by atoms with Crippen LogP contribution in [0.5, 0.6) is 0 Å². The summed E-state index contributed by atoms with van der Waals surface area (Å²) in [6.07, 6.45) is 1.46. The molecule has 2 aliphatic rings. The summed E-state index contributed by atoms with van der Waals surface area (Å²) in [4.78, 5) is 27.3. The van der Waals surface area contributed by atoms with Crippen LogP contribution >= 0.6 is 0 Å². The van der Waals surface area contributed by atoms with E-state index >= 15 is 0 Å². The zero-order chi connectivity index (χ0) is 31.2. The number of sulfone groups is 1. The molecule has 43 heavy (non-hydrogen) atoms. The fourth-order valence-electron chi connectivity index (χ4n) is 5.26. The Balaban J connectivity index is 1.67. The van der Waals surface area contributed by atoms with E-state index in [2.05, 4.69) is 16.0 Å². The number of ether oxygens (including phenoxy) is 1. The van der Waals surface area contributed by atoms with Gasteiger partial charge in [-0.25, -0.2) is 25.9 Å². The predicted molar refractivity (Wildman–Crippen MR) is 165 cm³/mol. The van der Waals surface area contributed by atoms with Crippen LogP contribution in [-0.4, -0.2) is 88.9 Å². The molecule has 2 aromatic carbocycles. The Hall–Kier alpha value is -3.00. The molecule has 0 saturated carbocycles. The van der Waals surface area contributed by atoms with Gasteiger partial charge in [0.25, 0.3) is 15.9 Å². The number of sulfonamides is 1. The highest BCUT2D eigenvalue weighted by Gasteiger charge is 2.45. The van der Waals surface area contributed by atoms with Crippen LogP contribution in [0.15, 0.2) is 53.4 Å². The van der Waals surface area contributed by atoms with Crippen molar-refractivity contribution >= 4 is 37.4 Å². The lowest BCUT2D eigenvalue weighted by Crippen LogP contribution is -2.60. The zero-order valence-electron chi connectivity index (χ0n) is 24.9. The molecule has 2 aromatic rings. The Morgan fingerprint density at radius 1 is 1.02 bits per heavy atom. The molecule has 2 fully saturated rings. The predicted octanol–water partition coefficient (Wildman–Crippen LogP) is 1.87. The van der Waals surface area contributed by atoms with Gasteiger partial charge in [0.15, 0.2) is 9.84 Å². The molecule has 0 aromatic heterocycles. The van der Waals surface area contributed by atoms with Crippen molar-refractivity contribution in [2.75, 3.05) is 43.0 Å². The molecule has 4 rings (SSSR count). The average Bonchev–Trinajstić information content (AvgIpc) is 2.96. The number of aryl methyl sites for hydroxylation is 1. The monoisotopic (exact) mass is 634 g/mol. The number of hydrogen-bond donors (Lipinski definition) is 3. The Morgan fingerprint density at radius 2 is 1.67 bits per heavy atom. The lowest BCUT2D eigenvalue weighted by atomic mass is 9.98. The van der Waals surface area contributed by atoms with Crippen molar-refractivity contribution in [1.82, 2.24) is 14.9 Å². The van der Waals surface area contributed by atoms with E-state index in [0.717, 1.165) is 43.7 Å². The first-order valence-electron chi connectivity index (χ1n) is 14.7. The first-order chi connectivity index (χ1) is 20.4. The fraction of sp³-hybridized carbons (Fsp3) is 0.533. The van der Waals surface area contributed by atoms with Crippen LogP contribution < -0.4 is 16.0 Å². The number of hydrogen-bond acceptors (Lipinski definition) is 10. The van der Waals surface area contributed by atoms with Crippen LogP contribution in [-0.2, 0) is 40.6 Å². The largest absolute Gasteiger partial charge is 0.461 e. The molecule has 3 N–H and O–H groups in total. The van der Waals surface area contributed by atoms with E-state index in [1.165, 1.54) is 12.1 Å². The summed E-state index contributed by atoms with van der Waals surface area (Å²) in [5, 5.41) is 9.63. The SMILES string of the molecule is Cc1ccc(S(=O)(=O)N(C(=O)C2CS(=O)(=O)CCN2)[C@@H](Cc2ccc(NCC3CCNCC3)cc2)C(=O)OC(C)C)cc1. The summed E-state index contributed by atoms with van der Waals surface area (Å²) >= 11 is 0. The molecular formula is C30H42N4O7S2. The molecule has 11 nitrogen and oxygen atoms in total. The van der Waals surface area contributed by atoms with Gasteiger partial charge in [-0.1, -0.05) is 29.8 Å². The smallest absolute Gasteiger partial charge is 0.330 e. The number of piperidine rings is 1. The van der Waals surface area contributed by atoms with Crippen LogP contribution in [0.25, 0.3) is 0 Å². The minimum atomic E-state index is -4.60. The molecule has 0 bridgehead atoms. The molecule has 1 amide bonds. The van der Waals surface area contributed by atoms with Gasteiger partial charge in [-0.05, 0) is 82.4 Å². The minimum absolute atomic E-state index is 0.00982. The van der Waals surface area contributed by atoms with E-state index in [0.29, 0.717) is 15.8 Å². The highest BCUT2D eigenvalue weighted by atomic mass is 32.2. The van der Waals surface area contributed by atoms with Crippen LogP contribution in [0.3, 0.4) is 0 Å². The van der Waals surface area contributed by atoms with Crippen molar-refractivity contribution < 1.29 is 31.2 Å². The lowest BCUT2D eigenvalue weighted by molar-refractivity contribution is -0.155. The Bertz CT molecular complexity index is 1470. The molecule has 2 atom stereocenters. The van der Waals surface area contributed by atoms with E-state index in [1.54, 1.807) is 45.0 Å². The summed E-state index contributed by atoms with van der Waals surface area (Å²) in [5.41, 5.74) is 2.31. The first-order valence-corrected chi connectivity index (χ1v) is 17.9. The number of nitrogens with zero attached hydrogens (tertiary/aromatic N) is 1. The molecule has 1 unspecified atom stereocenters. The number of benzene rings is 2. The van der Waals surface area contributed by atoms with Gasteiger partial charge in [0.2, 0.25) is 0 Å². The number of nitrogens with one attached hydrogen (secondary N) is 3. The summed E-state index contributed by atoms with van der Waals surface area (Å²) < 4.78 is 59.0. The first kappa shape index (κ1) is 32.9. The van der Waals surface area contributed by atoms with Crippen LogP contribution in [0.4, 0.5) is 5.69 Å². The normalized spacial score (nSPS) is 19.9. The third-order valence-electron chi connectivity index (χ3n) is 7.66. The van der Waals surface area contributed by atoms with Crippen molar-refractivity contribution in [3.8, 4) is 0 Å². The molecule has 2 heterocycles. The molecule has 0 aliphatic carbocycles. The second-order valence-corrected chi connectivity index (χ2v) is 15.6. The van der Waals surface area contributed by atoms with E-state index in [1.807, 2.05) is 12.1 Å². The van der Waals surface area contributed by atoms with Gasteiger partial charge in [-0.2, -0.15) is 0 Å². The van der Waals surface area contributed by atoms with Gasteiger partial charge in [0, 0.05) is 25.2 Å². The van der Waals surface area contributed by atoms with E-state index < -0.39 is 55.7 Å². The number of rotatable bonds is 11. The molecule has 0 spiro atoms. The molecule has 0 radical (unpaired) electrons. The lowest BCUT2D eigenvalue weighted by Gasteiger charge is -2.34. The highest BCUT2D eigenvalue weighted by Crippen LogP contribution is 2.25. The standard InChI is InChI=1S/C30H42N4O7S2/c1-21(2)41-30(36)28(18-23-6-8-25(9-7-23)33-19-24-12-14-31-15-13-24)34(29(35)27-20-42(37,38)17-16-32-27)43(39,40)26-10-4-22(3)5-11-26/h4-11,21,24,27-28,31-33H,12-20H2,1-3H3/t27?,28-/m0/s1. The van der Waals surface area contributed by atoms with Crippen molar-refractivity contribution in [2.45, 2.75) is 63.1 Å². The third kappa shape index (κ3) is 8.78. The van der Waals surface area contributed by atoms with Crippen molar-refractivity contribution in [3.05, 3.63) is 59.7 Å². The molecule has 13 heteroatoms. The number of anilines is 1. The molecule has 2 saturated heterocycles. The Morgan fingerprint density at radius 3 is 2.28 bits per heavy atom. The van der Waals surface area contributed by atoms with Crippen molar-refractivity contribution in [3.63, 3.8) is 0 Å². The van der Waals surface area contributed by atoms with E-state index in [4.69, 9.17) is 4.74 Å². The maximum absolute atomic E-state index is 14.1. The van der Waals surface area contributed by atoms with Gasteiger partial charge in [-0.3, -0.25) is 4.79 Å². The Labute approximate surface area is 254 Å². The van der Waals surface area contributed by atoms with Gasteiger partial charge in [-0.15, -0.1) is 0 Å². The van der Waals surface area contributed by atoms with Gasteiger partial charge < -0.3 is 20.7 Å². The topological polar surface area (TPSA) is 151 Å². The average molecular weight is 635 g/mol. The Kier molecular flexibility index (Phi) is 10.9. The maximum atomic E-state index is 14.1. The second kappa shape index (κ2) is 14.2. The summed E-state index contributed by atoms with van der Waals surface area (Å²) in [5.74, 6) is -2.09. The molecular weight excluding hydrogens is 592 g/mol. The number of amides is 1. The maximum Gasteiger partial charge on any atom is 0.330 e. The summed E-state index contributed by atoms with van der Waals surface area (Å²) in [6.45, 7) is 7.89. The van der Waals surface area contributed by atoms with Gasteiger partial charge in [0.1, 0.15) is 12.1 Å². The van der Waals surface area contributed by atoms with E-state index in [9.17, 15) is 26.4 Å². The number of carbonyl (C=O) groups excluding carboxylic acids is 2. The molecule has 236 valence electrons. The zero-order valence-corrected chi connectivity index (χ0v) is 26.5. The van der Waals surface area contributed by atoms with Gasteiger partial charge >= 0.3 is 5.97 Å². The summed E-state index contributed by atoms with van der Waals surface area (Å²) in [6, 6.07) is 10.3. The highest BCUT2D eigenvalue weighted by molar-refractivity contribution is 7.91. The molecule has 2 aliphatic heterocycles. The number of esters is 1. The third-order valence-corrected chi connectivity index (χ3v) is 11.1. The van der Waals surface area contributed by atoms with Crippen molar-refractivity contribution in [2.24, 2.45) is 5.92 Å². The van der Waals surface area contributed by atoms with Crippen LogP contribution in [0.1, 0.15) is 37.8 Å². The van der Waals surface area contributed by atoms with E-state index in [-0.39, 0.29) is 23.6 Å². The second-order valence-electron chi connectivity index (χ2n) is 11.5. The summed E-state index contributed by atoms with van der Waals surface area (Å²) in [7, 11) is -8.20. The van der Waals surface area contributed by atoms with Gasteiger partial charge in [0.05, 0.1) is 22.5 Å². The van der Waals surface area contributed by atoms with Crippen LogP contribution in [0.2, 0.25) is 0 Å². The minimum Gasteiger partial charge on any atom is -0.461 e.